The Kier molecular flexibility index (Phi) is 8.45. The average Bonchev–Trinajstić information content (AvgIpc) is 2.93. The molecule has 36 heavy (non-hydrogen) atoms. The molecule has 0 spiro atoms. The van der Waals surface area contributed by atoms with Gasteiger partial charge in [0.05, 0.1) is 4.90 Å². The molecule has 188 valence electrons. The molecule has 3 aromatic rings. The lowest BCUT2D eigenvalue weighted by Crippen LogP contribution is -2.50. The van der Waals surface area contributed by atoms with Crippen molar-refractivity contribution in [2.24, 2.45) is 0 Å². The normalized spacial score (nSPS) is 17.2. The van der Waals surface area contributed by atoms with E-state index in [-0.39, 0.29) is 24.4 Å². The van der Waals surface area contributed by atoms with Gasteiger partial charge in [0.25, 0.3) is 5.91 Å². The quantitative estimate of drug-likeness (QED) is 0.446. The van der Waals surface area contributed by atoms with Crippen LogP contribution in [0.3, 0.4) is 0 Å². The minimum atomic E-state index is -3.89. The van der Waals surface area contributed by atoms with Gasteiger partial charge in [0.2, 0.25) is 10.0 Å². The van der Waals surface area contributed by atoms with Crippen molar-refractivity contribution in [1.29, 1.82) is 0 Å². The molecule has 1 saturated heterocycles. The second kappa shape index (κ2) is 11.9. The minimum absolute atomic E-state index is 0.125. The van der Waals surface area contributed by atoms with Crippen LogP contribution >= 0.6 is 0 Å². The van der Waals surface area contributed by atoms with Crippen LogP contribution in [-0.2, 0) is 37.3 Å². The van der Waals surface area contributed by atoms with Gasteiger partial charge < -0.3 is 10.1 Å². The van der Waals surface area contributed by atoms with E-state index < -0.39 is 34.0 Å². The summed E-state index contributed by atoms with van der Waals surface area (Å²) in [5.41, 5.74) is 1.63. The van der Waals surface area contributed by atoms with Crippen molar-refractivity contribution in [3.05, 3.63) is 96.3 Å². The van der Waals surface area contributed by atoms with Crippen LogP contribution in [0.2, 0.25) is 0 Å². The van der Waals surface area contributed by atoms with Gasteiger partial charge in [0.15, 0.2) is 6.10 Å². The molecule has 2 heterocycles. The smallest absolute Gasteiger partial charge is 0.325 e. The van der Waals surface area contributed by atoms with Gasteiger partial charge >= 0.3 is 5.97 Å². The zero-order valence-corrected chi connectivity index (χ0v) is 20.6. The lowest BCUT2D eigenvalue weighted by Gasteiger charge is -2.33. The number of carbonyl (C=O) groups excluding carboxylic acids is 2. The first-order valence-electron chi connectivity index (χ1n) is 11.9. The van der Waals surface area contributed by atoms with Crippen LogP contribution in [0.1, 0.15) is 30.4 Å². The molecule has 1 aliphatic rings. The van der Waals surface area contributed by atoms with Crippen molar-refractivity contribution in [3.8, 4) is 0 Å². The summed E-state index contributed by atoms with van der Waals surface area (Å²) in [5, 5.41) is 2.81. The van der Waals surface area contributed by atoms with Crippen LogP contribution in [0.5, 0.6) is 0 Å². The highest BCUT2D eigenvalue weighted by molar-refractivity contribution is 7.89. The summed E-state index contributed by atoms with van der Waals surface area (Å²) in [7, 11) is -3.89. The van der Waals surface area contributed by atoms with E-state index >= 15 is 0 Å². The second-order valence-electron chi connectivity index (χ2n) is 8.63. The van der Waals surface area contributed by atoms with Gasteiger partial charge in [0, 0.05) is 31.9 Å². The topological polar surface area (TPSA) is 106 Å². The van der Waals surface area contributed by atoms with E-state index in [1.165, 1.54) is 16.4 Å². The van der Waals surface area contributed by atoms with Gasteiger partial charge in [-0.3, -0.25) is 14.6 Å². The molecule has 1 N–H and O–H groups in total. The molecule has 0 radical (unpaired) electrons. The number of piperidine rings is 1. The maximum atomic E-state index is 13.3. The number of pyridine rings is 1. The Hall–Kier alpha value is -3.56. The number of nitrogens with zero attached hydrogens (tertiary/aromatic N) is 2. The highest BCUT2D eigenvalue weighted by atomic mass is 32.2. The molecule has 1 amide bonds. The zero-order chi connectivity index (χ0) is 25.4. The van der Waals surface area contributed by atoms with Crippen LogP contribution in [-0.4, -0.2) is 48.3 Å². The fourth-order valence-electron chi connectivity index (χ4n) is 4.20. The van der Waals surface area contributed by atoms with Crippen LogP contribution in [0, 0.1) is 0 Å². The molecule has 1 aliphatic heterocycles. The standard InChI is InChI=1S/C27H29N3O5S/c31-26(29-20-22-12-9-16-28-19-22)25(18-21-10-3-1-4-11-21)35-27(32)24-15-7-8-17-30(24)36(33,34)23-13-5-2-6-14-23/h1-6,9-14,16,19,24-25H,7-8,15,17-18,20H2,(H,29,31)/t24-,25+/m0/s1. The van der Waals surface area contributed by atoms with Crippen LogP contribution < -0.4 is 5.32 Å². The third-order valence-electron chi connectivity index (χ3n) is 6.08. The summed E-state index contributed by atoms with van der Waals surface area (Å²) in [6, 6.07) is 19.9. The summed E-state index contributed by atoms with van der Waals surface area (Å²) < 4.78 is 33.6. The molecule has 0 saturated carbocycles. The number of benzene rings is 2. The molecule has 1 fully saturated rings. The molecule has 8 nitrogen and oxygen atoms in total. The molecular weight excluding hydrogens is 478 g/mol. The molecule has 0 unspecified atom stereocenters. The Morgan fingerprint density at radius 1 is 0.972 bits per heavy atom. The number of rotatable bonds is 9. The van der Waals surface area contributed by atoms with Crippen LogP contribution in [0.15, 0.2) is 90.1 Å². The molecule has 0 bridgehead atoms. The van der Waals surface area contributed by atoms with Gasteiger partial charge in [-0.05, 0) is 48.6 Å². The first kappa shape index (κ1) is 25.5. The van der Waals surface area contributed by atoms with Crippen LogP contribution in [0.25, 0.3) is 0 Å². The van der Waals surface area contributed by atoms with E-state index in [1.54, 1.807) is 36.7 Å². The monoisotopic (exact) mass is 507 g/mol. The Labute approximate surface area is 211 Å². The molecule has 2 aromatic carbocycles. The van der Waals surface area contributed by atoms with Crippen molar-refractivity contribution >= 4 is 21.9 Å². The predicted octanol–water partition coefficient (Wildman–Crippen LogP) is 3.10. The summed E-state index contributed by atoms with van der Waals surface area (Å²) in [5.74, 6) is -1.17. The van der Waals surface area contributed by atoms with Gasteiger partial charge in [-0.1, -0.05) is 54.6 Å². The third-order valence-corrected chi connectivity index (χ3v) is 8.00. The van der Waals surface area contributed by atoms with E-state index in [0.717, 1.165) is 11.1 Å². The van der Waals surface area contributed by atoms with E-state index in [1.807, 2.05) is 36.4 Å². The maximum absolute atomic E-state index is 13.3. The lowest BCUT2D eigenvalue weighted by atomic mass is 10.0. The van der Waals surface area contributed by atoms with Crippen molar-refractivity contribution in [2.75, 3.05) is 6.54 Å². The molecular formula is C27H29N3O5S. The molecule has 1 aromatic heterocycles. The number of sulfonamides is 1. The van der Waals surface area contributed by atoms with E-state index in [4.69, 9.17) is 4.74 Å². The third kappa shape index (κ3) is 6.35. The predicted molar refractivity (Wildman–Crippen MR) is 134 cm³/mol. The zero-order valence-electron chi connectivity index (χ0n) is 19.8. The van der Waals surface area contributed by atoms with E-state index in [9.17, 15) is 18.0 Å². The molecule has 9 heteroatoms. The Balaban J connectivity index is 1.52. The molecule has 2 atom stereocenters. The largest absolute Gasteiger partial charge is 0.451 e. The average molecular weight is 508 g/mol. The van der Waals surface area contributed by atoms with Crippen molar-refractivity contribution in [1.82, 2.24) is 14.6 Å². The Bertz CT molecular complexity index is 1250. The maximum Gasteiger partial charge on any atom is 0.325 e. The number of carbonyl (C=O) groups is 2. The van der Waals surface area contributed by atoms with Gasteiger partial charge in [0.1, 0.15) is 6.04 Å². The SMILES string of the molecule is O=C(NCc1cccnc1)[C@@H](Cc1ccccc1)OC(=O)[C@@H]1CCCCN1S(=O)(=O)c1ccccc1. The summed E-state index contributed by atoms with van der Waals surface area (Å²) in [4.78, 5) is 30.6. The Morgan fingerprint density at radius 2 is 1.67 bits per heavy atom. The van der Waals surface area contributed by atoms with Crippen molar-refractivity contribution < 1.29 is 22.7 Å². The van der Waals surface area contributed by atoms with Gasteiger partial charge in [-0.25, -0.2) is 8.42 Å². The number of aromatic nitrogens is 1. The summed E-state index contributed by atoms with van der Waals surface area (Å²) in [6.07, 6.45) is 4.02. The van der Waals surface area contributed by atoms with E-state index in [2.05, 4.69) is 10.3 Å². The van der Waals surface area contributed by atoms with Crippen molar-refractivity contribution in [3.63, 3.8) is 0 Å². The highest BCUT2D eigenvalue weighted by Crippen LogP contribution is 2.26. The second-order valence-corrected chi connectivity index (χ2v) is 10.5. The number of nitrogens with one attached hydrogen (secondary N) is 1. The Morgan fingerprint density at radius 3 is 2.36 bits per heavy atom. The van der Waals surface area contributed by atoms with E-state index in [0.29, 0.717) is 19.3 Å². The molecule has 4 rings (SSSR count). The highest BCUT2D eigenvalue weighted by Gasteiger charge is 2.40. The van der Waals surface area contributed by atoms with Gasteiger partial charge in [-0.15, -0.1) is 0 Å². The van der Waals surface area contributed by atoms with Crippen molar-refractivity contribution in [2.45, 2.75) is 49.3 Å². The molecule has 0 aliphatic carbocycles. The first-order chi connectivity index (χ1) is 17.4. The number of ether oxygens (including phenoxy) is 1. The fourth-order valence-corrected chi connectivity index (χ4v) is 5.86. The number of hydrogen-bond donors (Lipinski definition) is 1. The first-order valence-corrected chi connectivity index (χ1v) is 13.4. The lowest BCUT2D eigenvalue weighted by molar-refractivity contribution is -0.160. The number of esters is 1. The number of amides is 1. The summed E-state index contributed by atoms with van der Waals surface area (Å²) in [6.45, 7) is 0.445. The van der Waals surface area contributed by atoms with Crippen LogP contribution in [0.4, 0.5) is 0 Å². The fraction of sp³-hybridized carbons (Fsp3) is 0.296. The number of hydrogen-bond acceptors (Lipinski definition) is 6. The van der Waals surface area contributed by atoms with Gasteiger partial charge in [-0.2, -0.15) is 4.31 Å². The minimum Gasteiger partial charge on any atom is -0.451 e. The summed E-state index contributed by atoms with van der Waals surface area (Å²) >= 11 is 0.